The molecule has 0 unspecified atom stereocenters. The van der Waals surface area contributed by atoms with E-state index in [-0.39, 0.29) is 0 Å². The van der Waals surface area contributed by atoms with Gasteiger partial charge in [-0.25, -0.2) is 0 Å². The van der Waals surface area contributed by atoms with Crippen molar-refractivity contribution in [2.75, 3.05) is 0 Å². The minimum absolute atomic E-state index is 0.910. The Hall–Kier alpha value is -0.430. The SMILES string of the molecule is Cc1c(Cl)cn(CC2CC2)c1C. The Balaban J connectivity index is 2.23. The molecule has 66 valence electrons. The normalized spacial score (nSPS) is 16.9. The molecule has 1 aromatic heterocycles. The van der Waals surface area contributed by atoms with E-state index in [4.69, 9.17) is 11.6 Å². The first kappa shape index (κ1) is 8.18. The third-order valence-electron chi connectivity index (χ3n) is 2.75. The van der Waals surface area contributed by atoms with Gasteiger partial charge in [0.1, 0.15) is 0 Å². The second-order valence-electron chi connectivity index (χ2n) is 3.78. The summed E-state index contributed by atoms with van der Waals surface area (Å²) in [4.78, 5) is 0. The summed E-state index contributed by atoms with van der Waals surface area (Å²) in [5.74, 6) is 0.923. The van der Waals surface area contributed by atoms with Crippen LogP contribution in [0.1, 0.15) is 24.1 Å². The second-order valence-corrected chi connectivity index (χ2v) is 4.19. The van der Waals surface area contributed by atoms with Gasteiger partial charge in [0.05, 0.1) is 5.02 Å². The zero-order chi connectivity index (χ0) is 8.72. The van der Waals surface area contributed by atoms with Gasteiger partial charge in [-0.05, 0) is 38.2 Å². The molecule has 12 heavy (non-hydrogen) atoms. The van der Waals surface area contributed by atoms with Crippen LogP contribution in [0.15, 0.2) is 6.20 Å². The average molecular weight is 184 g/mol. The lowest BCUT2D eigenvalue weighted by atomic mass is 10.3. The van der Waals surface area contributed by atoms with Crippen molar-refractivity contribution in [2.45, 2.75) is 33.2 Å². The zero-order valence-electron chi connectivity index (χ0n) is 7.60. The molecule has 1 aliphatic carbocycles. The Morgan fingerprint density at radius 2 is 2.17 bits per heavy atom. The molecule has 1 saturated carbocycles. The van der Waals surface area contributed by atoms with Gasteiger partial charge in [-0.15, -0.1) is 0 Å². The summed E-state index contributed by atoms with van der Waals surface area (Å²) in [6.45, 7) is 5.39. The fourth-order valence-electron chi connectivity index (χ4n) is 1.49. The van der Waals surface area contributed by atoms with E-state index in [0.29, 0.717) is 0 Å². The summed E-state index contributed by atoms with van der Waals surface area (Å²) in [5, 5.41) is 0.910. The van der Waals surface area contributed by atoms with Crippen molar-refractivity contribution in [3.05, 3.63) is 22.5 Å². The molecule has 1 nitrogen and oxygen atoms in total. The van der Waals surface area contributed by atoms with E-state index in [9.17, 15) is 0 Å². The predicted molar refractivity (Wildman–Crippen MR) is 51.6 cm³/mol. The number of rotatable bonds is 2. The minimum atomic E-state index is 0.910. The molecule has 2 heteroatoms. The standard InChI is InChI=1S/C10H14ClN/c1-7-8(2)12(6-10(7)11)5-9-3-4-9/h6,9H,3-5H2,1-2H3. The van der Waals surface area contributed by atoms with Crippen molar-refractivity contribution >= 4 is 11.6 Å². The van der Waals surface area contributed by atoms with Crippen LogP contribution in [0.2, 0.25) is 5.02 Å². The zero-order valence-corrected chi connectivity index (χ0v) is 8.36. The average Bonchev–Trinajstić information content (AvgIpc) is 2.80. The first-order valence-electron chi connectivity index (χ1n) is 4.50. The quantitative estimate of drug-likeness (QED) is 0.664. The highest BCUT2D eigenvalue weighted by molar-refractivity contribution is 6.31. The number of hydrogen-bond donors (Lipinski definition) is 0. The van der Waals surface area contributed by atoms with Crippen LogP contribution in [0.5, 0.6) is 0 Å². The van der Waals surface area contributed by atoms with Gasteiger partial charge in [0.2, 0.25) is 0 Å². The molecule has 1 fully saturated rings. The smallest absolute Gasteiger partial charge is 0.0614 e. The maximum Gasteiger partial charge on any atom is 0.0614 e. The maximum absolute atomic E-state index is 6.02. The highest BCUT2D eigenvalue weighted by Crippen LogP contribution is 2.32. The Labute approximate surface area is 78.3 Å². The molecule has 0 amide bonds. The fourth-order valence-corrected chi connectivity index (χ4v) is 1.74. The number of nitrogens with zero attached hydrogens (tertiary/aromatic N) is 1. The molecule has 0 N–H and O–H groups in total. The molecule has 0 bridgehead atoms. The van der Waals surface area contributed by atoms with Gasteiger partial charge >= 0.3 is 0 Å². The minimum Gasteiger partial charge on any atom is -0.350 e. The van der Waals surface area contributed by atoms with E-state index in [1.165, 1.54) is 30.6 Å². The van der Waals surface area contributed by atoms with E-state index in [2.05, 4.69) is 24.6 Å². The molecular formula is C10H14ClN. The molecule has 1 heterocycles. The van der Waals surface area contributed by atoms with Gasteiger partial charge in [0, 0.05) is 18.4 Å². The Bertz CT molecular complexity index is 297. The number of aromatic nitrogens is 1. The first-order valence-corrected chi connectivity index (χ1v) is 4.88. The van der Waals surface area contributed by atoms with Crippen molar-refractivity contribution in [3.8, 4) is 0 Å². The molecule has 2 rings (SSSR count). The summed E-state index contributed by atoms with van der Waals surface area (Å²) < 4.78 is 2.29. The second kappa shape index (κ2) is 2.81. The van der Waals surface area contributed by atoms with Crippen molar-refractivity contribution in [2.24, 2.45) is 5.92 Å². The van der Waals surface area contributed by atoms with Crippen molar-refractivity contribution in [3.63, 3.8) is 0 Å². The molecule has 0 atom stereocenters. The molecule has 0 aromatic carbocycles. The van der Waals surface area contributed by atoms with E-state index in [0.717, 1.165) is 10.9 Å². The molecule has 0 spiro atoms. The van der Waals surface area contributed by atoms with E-state index in [1.807, 2.05) is 0 Å². The predicted octanol–water partition coefficient (Wildman–Crippen LogP) is 3.17. The van der Waals surface area contributed by atoms with Crippen molar-refractivity contribution < 1.29 is 0 Å². The first-order chi connectivity index (χ1) is 5.68. The summed E-state index contributed by atoms with van der Waals surface area (Å²) in [6.07, 6.45) is 4.85. The van der Waals surface area contributed by atoms with E-state index in [1.54, 1.807) is 0 Å². The van der Waals surface area contributed by atoms with Gasteiger partial charge in [0.25, 0.3) is 0 Å². The lowest BCUT2D eigenvalue weighted by Crippen LogP contribution is -2.00. The number of halogens is 1. The summed E-state index contributed by atoms with van der Waals surface area (Å²) >= 11 is 6.02. The topological polar surface area (TPSA) is 4.93 Å². The molecule has 1 aromatic rings. The van der Waals surface area contributed by atoms with Crippen LogP contribution in [-0.4, -0.2) is 4.57 Å². The lowest BCUT2D eigenvalue weighted by molar-refractivity contribution is 0.615. The van der Waals surface area contributed by atoms with Crippen molar-refractivity contribution in [1.29, 1.82) is 0 Å². The molecular weight excluding hydrogens is 170 g/mol. The van der Waals surface area contributed by atoms with Gasteiger partial charge in [-0.2, -0.15) is 0 Å². The monoisotopic (exact) mass is 183 g/mol. The highest BCUT2D eigenvalue weighted by atomic mass is 35.5. The van der Waals surface area contributed by atoms with Crippen molar-refractivity contribution in [1.82, 2.24) is 4.57 Å². The van der Waals surface area contributed by atoms with Gasteiger partial charge in [-0.3, -0.25) is 0 Å². The number of hydrogen-bond acceptors (Lipinski definition) is 0. The molecule has 1 aliphatic rings. The third kappa shape index (κ3) is 1.38. The van der Waals surface area contributed by atoms with E-state index < -0.39 is 0 Å². The Morgan fingerprint density at radius 3 is 2.58 bits per heavy atom. The summed E-state index contributed by atoms with van der Waals surface area (Å²) in [6, 6.07) is 0. The Morgan fingerprint density at radius 1 is 1.50 bits per heavy atom. The fraction of sp³-hybridized carbons (Fsp3) is 0.600. The lowest BCUT2D eigenvalue weighted by Gasteiger charge is -2.03. The highest BCUT2D eigenvalue weighted by Gasteiger charge is 2.22. The summed E-state index contributed by atoms with van der Waals surface area (Å²) in [5.41, 5.74) is 2.56. The largest absolute Gasteiger partial charge is 0.350 e. The molecule has 0 aliphatic heterocycles. The van der Waals surface area contributed by atoms with Crippen LogP contribution in [0, 0.1) is 19.8 Å². The van der Waals surface area contributed by atoms with Crippen LogP contribution in [-0.2, 0) is 6.54 Å². The molecule has 0 radical (unpaired) electrons. The van der Waals surface area contributed by atoms with Gasteiger partial charge in [-0.1, -0.05) is 11.6 Å². The van der Waals surface area contributed by atoms with Crippen LogP contribution in [0.4, 0.5) is 0 Å². The van der Waals surface area contributed by atoms with Crippen LogP contribution in [0.25, 0.3) is 0 Å². The third-order valence-corrected chi connectivity index (χ3v) is 3.13. The van der Waals surface area contributed by atoms with Crippen LogP contribution < -0.4 is 0 Å². The van der Waals surface area contributed by atoms with Crippen LogP contribution in [0.3, 0.4) is 0 Å². The van der Waals surface area contributed by atoms with Gasteiger partial charge in [0.15, 0.2) is 0 Å². The Kier molecular flexibility index (Phi) is 1.91. The maximum atomic E-state index is 6.02. The van der Waals surface area contributed by atoms with E-state index >= 15 is 0 Å². The molecule has 0 saturated heterocycles. The van der Waals surface area contributed by atoms with Crippen LogP contribution >= 0.6 is 11.6 Å². The van der Waals surface area contributed by atoms with Gasteiger partial charge < -0.3 is 4.57 Å². The summed E-state index contributed by atoms with van der Waals surface area (Å²) in [7, 11) is 0.